The molecule has 3 amide bonds. The van der Waals surface area contributed by atoms with Gasteiger partial charge in [0.25, 0.3) is 11.8 Å². The molecule has 10 nitrogen and oxygen atoms in total. The molecule has 182 valence electrons. The Morgan fingerprint density at radius 1 is 1.15 bits per heavy atom. The van der Waals surface area contributed by atoms with Crippen molar-refractivity contribution < 1.29 is 19.1 Å². The lowest BCUT2D eigenvalue weighted by Crippen LogP contribution is -2.62. The van der Waals surface area contributed by atoms with Crippen molar-refractivity contribution in [2.75, 3.05) is 46.4 Å². The zero-order valence-corrected chi connectivity index (χ0v) is 19.7. The van der Waals surface area contributed by atoms with E-state index in [1.165, 1.54) is 15.6 Å². The minimum Gasteiger partial charge on any atom is -0.379 e. The van der Waals surface area contributed by atoms with Gasteiger partial charge in [0.05, 0.1) is 19.8 Å². The first-order valence-corrected chi connectivity index (χ1v) is 11.6. The summed E-state index contributed by atoms with van der Waals surface area (Å²) in [5, 5.41) is 10.1. The molecule has 4 rings (SSSR count). The maximum absolute atomic E-state index is 13.1. The van der Waals surface area contributed by atoms with Gasteiger partial charge >= 0.3 is 0 Å². The van der Waals surface area contributed by atoms with Crippen LogP contribution in [0.15, 0.2) is 36.4 Å². The van der Waals surface area contributed by atoms with Crippen molar-refractivity contribution in [3.63, 3.8) is 0 Å². The van der Waals surface area contributed by atoms with Crippen LogP contribution in [0, 0.1) is 0 Å². The number of hydrogen-bond donors (Lipinski definition) is 2. The van der Waals surface area contributed by atoms with Gasteiger partial charge in [-0.3, -0.25) is 24.0 Å². The number of morpholine rings is 1. The Balaban J connectivity index is 1.36. The molecule has 1 aromatic heterocycles. The van der Waals surface area contributed by atoms with Crippen LogP contribution in [0.25, 0.3) is 0 Å². The molecule has 1 aromatic carbocycles. The minimum absolute atomic E-state index is 0.162. The molecule has 1 atom stereocenters. The number of ether oxygens (including phenoxy) is 1. The molecule has 0 radical (unpaired) electrons. The second kappa shape index (κ2) is 10.4. The Morgan fingerprint density at radius 2 is 1.88 bits per heavy atom. The second-order valence-corrected chi connectivity index (χ2v) is 8.94. The largest absolute Gasteiger partial charge is 0.379 e. The average Bonchev–Trinajstić information content (AvgIpc) is 3.29. The number of carbonyl (C=O) groups is 3. The van der Waals surface area contributed by atoms with Crippen molar-refractivity contribution in [3.05, 3.63) is 53.3 Å². The number of nitrogens with zero attached hydrogens (tertiary/aromatic N) is 4. The zero-order chi connectivity index (χ0) is 24.1. The summed E-state index contributed by atoms with van der Waals surface area (Å²) < 4.78 is 6.81. The van der Waals surface area contributed by atoms with Gasteiger partial charge in [-0.15, -0.1) is 0 Å². The molecule has 3 heterocycles. The summed E-state index contributed by atoms with van der Waals surface area (Å²) in [6, 6.07) is 11.1. The van der Waals surface area contributed by atoms with E-state index in [2.05, 4.69) is 20.6 Å². The third-order valence-corrected chi connectivity index (χ3v) is 6.56. The lowest BCUT2D eigenvalue weighted by Gasteiger charge is -2.40. The van der Waals surface area contributed by atoms with E-state index in [1.54, 1.807) is 14.0 Å². The van der Waals surface area contributed by atoms with E-state index in [0.717, 1.165) is 44.8 Å². The van der Waals surface area contributed by atoms with E-state index >= 15 is 0 Å². The SMILES string of the molecule is CN1C(=O)c2cc(C(=O)NCCCN3CCOCC3)nn2C[C@@]1(C)C(=O)NCc1ccccc1. The van der Waals surface area contributed by atoms with Gasteiger partial charge in [-0.05, 0) is 25.5 Å². The number of benzene rings is 1. The fourth-order valence-electron chi connectivity index (χ4n) is 4.23. The van der Waals surface area contributed by atoms with E-state index < -0.39 is 5.54 Å². The maximum atomic E-state index is 13.1. The van der Waals surface area contributed by atoms with Gasteiger partial charge in [0, 0.05) is 39.3 Å². The molecule has 0 spiro atoms. The smallest absolute Gasteiger partial charge is 0.272 e. The summed E-state index contributed by atoms with van der Waals surface area (Å²) in [5.41, 5.74) is 0.319. The topological polar surface area (TPSA) is 109 Å². The Morgan fingerprint density at radius 3 is 2.62 bits per heavy atom. The van der Waals surface area contributed by atoms with Crippen molar-refractivity contribution in [2.24, 2.45) is 0 Å². The van der Waals surface area contributed by atoms with Crippen LogP contribution in [0.5, 0.6) is 0 Å². The Kier molecular flexibility index (Phi) is 7.28. The van der Waals surface area contributed by atoms with Crippen LogP contribution in [0.1, 0.15) is 39.9 Å². The van der Waals surface area contributed by atoms with Crippen LogP contribution >= 0.6 is 0 Å². The molecule has 2 aliphatic rings. The number of rotatable bonds is 8. The second-order valence-electron chi connectivity index (χ2n) is 8.94. The lowest BCUT2D eigenvalue weighted by atomic mass is 9.96. The highest BCUT2D eigenvalue weighted by molar-refractivity contribution is 6.01. The highest BCUT2D eigenvalue weighted by atomic mass is 16.5. The average molecular weight is 469 g/mol. The summed E-state index contributed by atoms with van der Waals surface area (Å²) in [4.78, 5) is 42.5. The van der Waals surface area contributed by atoms with Gasteiger partial charge in [-0.1, -0.05) is 30.3 Å². The molecule has 0 saturated carbocycles. The van der Waals surface area contributed by atoms with Crippen LogP contribution in [-0.2, 0) is 22.6 Å². The molecule has 1 fully saturated rings. The summed E-state index contributed by atoms with van der Waals surface area (Å²) in [6.07, 6.45) is 0.820. The van der Waals surface area contributed by atoms with Crippen LogP contribution in [0.3, 0.4) is 0 Å². The number of hydrogen-bond acceptors (Lipinski definition) is 6. The van der Waals surface area contributed by atoms with Gasteiger partial charge in [0.2, 0.25) is 5.91 Å². The number of nitrogens with one attached hydrogen (secondary N) is 2. The summed E-state index contributed by atoms with van der Waals surface area (Å²) in [5.74, 6) is -0.945. The molecule has 0 unspecified atom stereocenters. The van der Waals surface area contributed by atoms with E-state index in [-0.39, 0.29) is 30.0 Å². The van der Waals surface area contributed by atoms with Crippen LogP contribution < -0.4 is 10.6 Å². The molecule has 0 aliphatic carbocycles. The maximum Gasteiger partial charge on any atom is 0.272 e. The zero-order valence-electron chi connectivity index (χ0n) is 19.7. The van der Waals surface area contributed by atoms with Crippen LogP contribution in [-0.4, -0.2) is 89.3 Å². The number of amides is 3. The van der Waals surface area contributed by atoms with Crippen molar-refractivity contribution in [1.82, 2.24) is 30.2 Å². The molecular weight excluding hydrogens is 436 g/mol. The highest BCUT2D eigenvalue weighted by Crippen LogP contribution is 2.26. The Labute approximate surface area is 199 Å². The summed E-state index contributed by atoms with van der Waals surface area (Å²) in [6.45, 7) is 6.97. The van der Waals surface area contributed by atoms with Crippen LogP contribution in [0.2, 0.25) is 0 Å². The molecule has 2 aromatic rings. The fraction of sp³-hybridized carbons (Fsp3) is 0.500. The van der Waals surface area contributed by atoms with Gasteiger partial charge in [-0.2, -0.15) is 5.10 Å². The van der Waals surface area contributed by atoms with Crippen molar-refractivity contribution >= 4 is 17.7 Å². The molecular formula is C24H32N6O4. The van der Waals surface area contributed by atoms with Gasteiger partial charge in [-0.25, -0.2) is 0 Å². The third-order valence-electron chi connectivity index (χ3n) is 6.56. The Bertz CT molecular complexity index is 1030. The summed E-state index contributed by atoms with van der Waals surface area (Å²) >= 11 is 0. The molecule has 2 aliphatic heterocycles. The summed E-state index contributed by atoms with van der Waals surface area (Å²) in [7, 11) is 1.60. The third kappa shape index (κ3) is 5.13. The van der Waals surface area contributed by atoms with Crippen molar-refractivity contribution in [2.45, 2.75) is 32.0 Å². The predicted octanol–water partition coefficient (Wildman–Crippen LogP) is 0.496. The quantitative estimate of drug-likeness (QED) is 0.546. The Hall–Kier alpha value is -3.24. The van der Waals surface area contributed by atoms with Gasteiger partial charge in [0.15, 0.2) is 5.69 Å². The first-order chi connectivity index (χ1) is 16.4. The molecule has 0 bridgehead atoms. The standard InChI is InChI=1S/C24H32N6O4/c1-24(23(33)26-16-18-7-4-3-5-8-18)17-30-20(22(32)28(24)2)15-19(27-30)21(31)25-9-6-10-29-11-13-34-14-12-29/h3-5,7-8,15H,6,9-14,16-17H2,1-2H3,(H,25,31)(H,26,33)/t24-/m0/s1. The van der Waals surface area contributed by atoms with E-state index in [0.29, 0.717) is 18.8 Å². The first-order valence-electron chi connectivity index (χ1n) is 11.6. The number of aromatic nitrogens is 2. The highest BCUT2D eigenvalue weighted by Gasteiger charge is 2.46. The molecule has 34 heavy (non-hydrogen) atoms. The van der Waals surface area contributed by atoms with Gasteiger partial charge in [0.1, 0.15) is 11.2 Å². The van der Waals surface area contributed by atoms with E-state index in [4.69, 9.17) is 4.74 Å². The van der Waals surface area contributed by atoms with Gasteiger partial charge < -0.3 is 20.3 Å². The molecule has 1 saturated heterocycles. The number of carbonyl (C=O) groups excluding carboxylic acids is 3. The predicted molar refractivity (Wildman–Crippen MR) is 125 cm³/mol. The molecule has 2 N–H and O–H groups in total. The lowest BCUT2D eigenvalue weighted by molar-refractivity contribution is -0.132. The number of fused-ring (bicyclic) bond motifs is 1. The monoisotopic (exact) mass is 468 g/mol. The van der Waals surface area contributed by atoms with Crippen molar-refractivity contribution in [1.29, 1.82) is 0 Å². The van der Waals surface area contributed by atoms with Crippen molar-refractivity contribution in [3.8, 4) is 0 Å². The fourth-order valence-corrected chi connectivity index (χ4v) is 4.23. The number of likely N-dealkylation sites (N-methyl/N-ethyl adjacent to an activating group) is 1. The normalized spacial score (nSPS) is 20.6. The van der Waals surface area contributed by atoms with E-state index in [1.807, 2.05) is 30.3 Å². The molecule has 10 heteroatoms. The first kappa shape index (κ1) is 23.9. The minimum atomic E-state index is -1.13. The van der Waals surface area contributed by atoms with Crippen LogP contribution in [0.4, 0.5) is 0 Å². The van der Waals surface area contributed by atoms with E-state index in [9.17, 15) is 14.4 Å².